The molecule has 0 unspecified atom stereocenters. The average Bonchev–Trinajstić information content (AvgIpc) is 2.81. The van der Waals surface area contributed by atoms with E-state index in [-0.39, 0.29) is 5.41 Å². The molecule has 0 saturated carbocycles. The summed E-state index contributed by atoms with van der Waals surface area (Å²) in [6.07, 6.45) is 5.27. The van der Waals surface area contributed by atoms with Crippen LogP contribution in [0.5, 0.6) is 0 Å². The number of fused-ring (bicyclic) bond motifs is 1. The number of hydrogen-bond donors (Lipinski definition) is 0. The quantitative estimate of drug-likeness (QED) is 0.721. The van der Waals surface area contributed by atoms with Gasteiger partial charge in [-0.1, -0.05) is 45.0 Å². The Morgan fingerprint density at radius 2 is 1.85 bits per heavy atom. The second-order valence-corrected chi connectivity index (χ2v) is 6.70. The van der Waals surface area contributed by atoms with Crippen molar-refractivity contribution in [3.8, 4) is 0 Å². The molecule has 0 atom stereocenters. The van der Waals surface area contributed by atoms with Gasteiger partial charge in [-0.2, -0.15) is 0 Å². The van der Waals surface area contributed by atoms with Crippen molar-refractivity contribution in [2.75, 3.05) is 0 Å². The number of allylic oxidation sites excluding steroid dienone is 1. The second-order valence-electron chi connectivity index (χ2n) is 6.70. The summed E-state index contributed by atoms with van der Waals surface area (Å²) in [4.78, 5) is 4.57. The van der Waals surface area contributed by atoms with Crippen LogP contribution in [-0.2, 0) is 11.8 Å². The van der Waals surface area contributed by atoms with Crippen molar-refractivity contribution in [3.05, 3.63) is 64.5 Å². The number of nitrogens with zero attached hydrogens (tertiary/aromatic N) is 1. The summed E-state index contributed by atoms with van der Waals surface area (Å²) in [5.41, 5.74) is 8.07. The molecule has 0 saturated heterocycles. The minimum Gasteiger partial charge on any atom is -0.256 e. The van der Waals surface area contributed by atoms with Gasteiger partial charge in [0.2, 0.25) is 0 Å². The third-order valence-electron chi connectivity index (χ3n) is 3.94. The third kappa shape index (κ3) is 2.29. The van der Waals surface area contributed by atoms with Gasteiger partial charge < -0.3 is 0 Å². The van der Waals surface area contributed by atoms with E-state index in [0.717, 1.165) is 12.1 Å². The first-order chi connectivity index (χ1) is 9.45. The molecule has 0 amide bonds. The van der Waals surface area contributed by atoms with Crippen molar-refractivity contribution in [3.63, 3.8) is 0 Å². The molecule has 3 rings (SSSR count). The van der Waals surface area contributed by atoms with Gasteiger partial charge in [0.25, 0.3) is 0 Å². The first-order valence-electron chi connectivity index (χ1n) is 7.21. The van der Waals surface area contributed by atoms with Crippen LogP contribution in [0.25, 0.3) is 11.6 Å². The molecule has 1 heterocycles. The first kappa shape index (κ1) is 13.1. The first-order valence-corrected chi connectivity index (χ1v) is 7.21. The van der Waals surface area contributed by atoms with E-state index < -0.39 is 0 Å². The van der Waals surface area contributed by atoms with Gasteiger partial charge >= 0.3 is 0 Å². The van der Waals surface area contributed by atoms with Crippen molar-refractivity contribution in [2.24, 2.45) is 0 Å². The fourth-order valence-electron chi connectivity index (χ4n) is 2.84. The van der Waals surface area contributed by atoms with Crippen LogP contribution in [0.3, 0.4) is 0 Å². The summed E-state index contributed by atoms with van der Waals surface area (Å²) in [7, 11) is 0. The van der Waals surface area contributed by atoms with Crippen LogP contribution in [0.1, 0.15) is 48.7 Å². The Bertz CT molecular complexity index is 670. The minimum atomic E-state index is 0.179. The zero-order valence-corrected chi connectivity index (χ0v) is 12.7. The zero-order chi connectivity index (χ0) is 14.3. The van der Waals surface area contributed by atoms with E-state index in [9.17, 15) is 0 Å². The van der Waals surface area contributed by atoms with Crippen LogP contribution >= 0.6 is 0 Å². The largest absolute Gasteiger partial charge is 0.256 e. The fourth-order valence-corrected chi connectivity index (χ4v) is 2.84. The smallest absolute Gasteiger partial charge is 0.0665 e. The van der Waals surface area contributed by atoms with E-state index in [0.29, 0.717) is 0 Å². The van der Waals surface area contributed by atoms with Crippen LogP contribution in [0.15, 0.2) is 36.5 Å². The van der Waals surface area contributed by atoms with Gasteiger partial charge in [-0.05, 0) is 52.3 Å². The Kier molecular flexibility index (Phi) is 3.01. The van der Waals surface area contributed by atoms with Gasteiger partial charge in [0.1, 0.15) is 0 Å². The molecule has 1 aromatic carbocycles. The highest BCUT2D eigenvalue weighted by molar-refractivity contribution is 5.88. The van der Waals surface area contributed by atoms with E-state index in [1.165, 1.54) is 27.8 Å². The molecule has 20 heavy (non-hydrogen) atoms. The second kappa shape index (κ2) is 4.59. The Morgan fingerprint density at radius 1 is 1.05 bits per heavy atom. The van der Waals surface area contributed by atoms with Gasteiger partial charge in [0, 0.05) is 12.6 Å². The molecule has 1 heteroatoms. The lowest BCUT2D eigenvalue weighted by Gasteiger charge is -2.22. The van der Waals surface area contributed by atoms with Crippen LogP contribution in [0.4, 0.5) is 0 Å². The molecule has 0 aliphatic heterocycles. The van der Waals surface area contributed by atoms with Gasteiger partial charge in [-0.15, -0.1) is 0 Å². The van der Waals surface area contributed by atoms with Crippen LogP contribution < -0.4 is 0 Å². The number of rotatable bonds is 1. The zero-order valence-electron chi connectivity index (χ0n) is 12.7. The standard InChI is InChI=1S/C19H21N/c1-13-8-9-18(20-12-13)15-10-14-6-5-7-17(16(14)11-15)19(2,3)4/h5-9,11-12H,10H2,1-4H3. The molecule has 2 aromatic rings. The Balaban J connectivity index is 2.05. The summed E-state index contributed by atoms with van der Waals surface area (Å²) in [5.74, 6) is 0. The molecule has 0 radical (unpaired) electrons. The van der Waals surface area contributed by atoms with E-state index in [4.69, 9.17) is 0 Å². The van der Waals surface area contributed by atoms with Crippen LogP contribution in [0.2, 0.25) is 0 Å². The maximum absolute atomic E-state index is 4.57. The normalized spacial score (nSPS) is 14.1. The van der Waals surface area contributed by atoms with Crippen molar-refractivity contribution in [1.82, 2.24) is 4.98 Å². The SMILES string of the molecule is Cc1ccc(C2=Cc3c(cccc3C(C)(C)C)C2)nc1. The van der Waals surface area contributed by atoms with Crippen molar-refractivity contribution in [1.29, 1.82) is 0 Å². The molecule has 1 aliphatic carbocycles. The van der Waals surface area contributed by atoms with E-state index in [1.807, 2.05) is 6.20 Å². The minimum absolute atomic E-state index is 0.179. The highest BCUT2D eigenvalue weighted by Crippen LogP contribution is 2.37. The summed E-state index contributed by atoms with van der Waals surface area (Å²) in [6.45, 7) is 8.90. The lowest BCUT2D eigenvalue weighted by Crippen LogP contribution is -2.13. The molecule has 1 aromatic heterocycles. The topological polar surface area (TPSA) is 12.9 Å². The molecule has 0 N–H and O–H groups in total. The summed E-state index contributed by atoms with van der Waals surface area (Å²) in [5, 5.41) is 0. The van der Waals surface area contributed by atoms with Crippen molar-refractivity contribution < 1.29 is 0 Å². The Hall–Kier alpha value is -1.89. The molecule has 102 valence electrons. The Morgan fingerprint density at radius 3 is 2.50 bits per heavy atom. The van der Waals surface area contributed by atoms with Gasteiger partial charge in [0.05, 0.1) is 5.69 Å². The number of benzene rings is 1. The molecule has 0 spiro atoms. The monoisotopic (exact) mass is 263 g/mol. The fraction of sp³-hybridized carbons (Fsp3) is 0.316. The maximum atomic E-state index is 4.57. The van der Waals surface area contributed by atoms with Gasteiger partial charge in [-0.25, -0.2) is 0 Å². The van der Waals surface area contributed by atoms with E-state index >= 15 is 0 Å². The third-order valence-corrected chi connectivity index (χ3v) is 3.94. The van der Waals surface area contributed by atoms with E-state index in [1.54, 1.807) is 0 Å². The molecule has 0 bridgehead atoms. The lowest BCUT2D eigenvalue weighted by atomic mass is 9.83. The van der Waals surface area contributed by atoms with Gasteiger partial charge in [-0.3, -0.25) is 4.98 Å². The number of aryl methyl sites for hydroxylation is 1. The summed E-state index contributed by atoms with van der Waals surface area (Å²) in [6, 6.07) is 10.9. The Labute approximate surface area is 121 Å². The van der Waals surface area contributed by atoms with Crippen LogP contribution in [-0.4, -0.2) is 4.98 Å². The summed E-state index contributed by atoms with van der Waals surface area (Å²) < 4.78 is 0. The number of hydrogen-bond acceptors (Lipinski definition) is 1. The predicted octanol–water partition coefficient (Wildman–Crippen LogP) is 4.78. The molecular formula is C19H21N. The lowest BCUT2D eigenvalue weighted by molar-refractivity contribution is 0.588. The van der Waals surface area contributed by atoms with Crippen molar-refractivity contribution in [2.45, 2.75) is 39.5 Å². The highest BCUT2D eigenvalue weighted by atomic mass is 14.7. The molecule has 1 nitrogen and oxygen atoms in total. The maximum Gasteiger partial charge on any atom is 0.0665 e. The summed E-state index contributed by atoms with van der Waals surface area (Å²) >= 11 is 0. The van der Waals surface area contributed by atoms with Crippen molar-refractivity contribution >= 4 is 11.6 Å². The molecule has 0 fully saturated rings. The predicted molar refractivity (Wildman–Crippen MR) is 85.7 cm³/mol. The van der Waals surface area contributed by atoms with E-state index in [2.05, 4.69) is 69.1 Å². The molecular weight excluding hydrogens is 242 g/mol. The molecule has 1 aliphatic rings. The highest BCUT2D eigenvalue weighted by Gasteiger charge is 2.23. The van der Waals surface area contributed by atoms with Gasteiger partial charge in [0.15, 0.2) is 0 Å². The number of pyridine rings is 1. The van der Waals surface area contributed by atoms with Crippen LogP contribution in [0, 0.1) is 6.92 Å². The average molecular weight is 263 g/mol. The number of aromatic nitrogens is 1.